The van der Waals surface area contributed by atoms with Crippen molar-refractivity contribution in [2.45, 2.75) is 44.4 Å². The number of rotatable bonds is 5. The molecule has 17 heavy (non-hydrogen) atoms. The molecule has 0 bridgehead atoms. The molecule has 2 rings (SSSR count). The lowest BCUT2D eigenvalue weighted by molar-refractivity contribution is 0.142. The van der Waals surface area contributed by atoms with Crippen LogP contribution in [0.15, 0.2) is 30.6 Å². The first-order valence-corrected chi connectivity index (χ1v) is 6.38. The van der Waals surface area contributed by atoms with E-state index in [1.807, 2.05) is 12.3 Å². The molecule has 4 nitrogen and oxygen atoms in total. The molecule has 0 saturated heterocycles. The summed E-state index contributed by atoms with van der Waals surface area (Å²) in [7, 11) is 0. The highest BCUT2D eigenvalue weighted by molar-refractivity contribution is 4.89. The Kier molecular flexibility index (Phi) is 4.76. The van der Waals surface area contributed by atoms with E-state index in [0.29, 0.717) is 19.1 Å². The fourth-order valence-corrected chi connectivity index (χ4v) is 2.17. The van der Waals surface area contributed by atoms with Crippen LogP contribution < -0.4 is 5.32 Å². The molecule has 1 atom stereocenters. The SMILES string of the molecule is OC(CNC1CCC=CCC1)Cn1cccn1. The fraction of sp³-hybridized carbons (Fsp3) is 0.615. The molecule has 2 N–H and O–H groups in total. The Labute approximate surface area is 102 Å². The van der Waals surface area contributed by atoms with Crippen LogP contribution in [0.4, 0.5) is 0 Å². The number of nitrogens with one attached hydrogen (secondary N) is 1. The Morgan fingerprint density at radius 2 is 2.12 bits per heavy atom. The zero-order valence-corrected chi connectivity index (χ0v) is 10.1. The molecule has 0 spiro atoms. The standard InChI is InChI=1S/C13H21N3O/c17-13(11-16-9-5-8-15-16)10-14-12-6-3-1-2-4-7-12/h1-2,5,8-9,12-14,17H,3-4,6-7,10-11H2. The van der Waals surface area contributed by atoms with Gasteiger partial charge in [0.05, 0.1) is 12.6 Å². The van der Waals surface area contributed by atoms with Gasteiger partial charge in [0.25, 0.3) is 0 Å². The first kappa shape index (κ1) is 12.3. The minimum atomic E-state index is -0.369. The zero-order valence-electron chi connectivity index (χ0n) is 10.1. The van der Waals surface area contributed by atoms with Gasteiger partial charge in [0.1, 0.15) is 0 Å². The molecule has 1 aliphatic rings. The van der Waals surface area contributed by atoms with Gasteiger partial charge >= 0.3 is 0 Å². The van der Waals surface area contributed by atoms with E-state index in [1.165, 1.54) is 12.8 Å². The van der Waals surface area contributed by atoms with Crippen molar-refractivity contribution in [1.29, 1.82) is 0 Å². The summed E-state index contributed by atoms with van der Waals surface area (Å²) in [4.78, 5) is 0. The van der Waals surface area contributed by atoms with Crippen molar-refractivity contribution in [2.75, 3.05) is 6.54 Å². The van der Waals surface area contributed by atoms with E-state index in [1.54, 1.807) is 10.9 Å². The summed E-state index contributed by atoms with van der Waals surface area (Å²) < 4.78 is 1.76. The summed E-state index contributed by atoms with van der Waals surface area (Å²) in [6.45, 7) is 1.20. The van der Waals surface area contributed by atoms with E-state index >= 15 is 0 Å². The number of hydrogen-bond acceptors (Lipinski definition) is 3. The Bertz CT molecular complexity index is 324. The summed E-state index contributed by atoms with van der Waals surface area (Å²) in [5.41, 5.74) is 0. The Balaban J connectivity index is 1.67. The van der Waals surface area contributed by atoms with Crippen LogP contribution in [-0.4, -0.2) is 33.6 Å². The third-order valence-electron chi connectivity index (χ3n) is 3.13. The normalized spacial score (nSPS) is 19.1. The van der Waals surface area contributed by atoms with E-state index < -0.39 is 0 Å². The molecule has 94 valence electrons. The minimum absolute atomic E-state index is 0.369. The second-order valence-electron chi connectivity index (χ2n) is 4.61. The first-order chi connectivity index (χ1) is 8.34. The van der Waals surface area contributed by atoms with Crippen molar-refractivity contribution in [3.05, 3.63) is 30.6 Å². The Hall–Kier alpha value is -1.13. The molecule has 0 fully saturated rings. The maximum atomic E-state index is 9.88. The van der Waals surface area contributed by atoms with Crippen LogP contribution in [-0.2, 0) is 6.54 Å². The van der Waals surface area contributed by atoms with E-state index in [2.05, 4.69) is 22.6 Å². The first-order valence-electron chi connectivity index (χ1n) is 6.38. The van der Waals surface area contributed by atoms with Gasteiger partial charge in [-0.1, -0.05) is 12.2 Å². The molecule has 0 radical (unpaired) electrons. The molecular weight excluding hydrogens is 214 g/mol. The van der Waals surface area contributed by atoms with Crippen LogP contribution >= 0.6 is 0 Å². The summed E-state index contributed by atoms with van der Waals surface area (Å²) in [6, 6.07) is 2.41. The third kappa shape index (κ3) is 4.32. The minimum Gasteiger partial charge on any atom is -0.390 e. The monoisotopic (exact) mass is 235 g/mol. The van der Waals surface area contributed by atoms with E-state index in [-0.39, 0.29) is 6.10 Å². The van der Waals surface area contributed by atoms with Crippen LogP contribution in [0.1, 0.15) is 25.7 Å². The van der Waals surface area contributed by atoms with Crippen LogP contribution in [0.25, 0.3) is 0 Å². The van der Waals surface area contributed by atoms with Crippen molar-refractivity contribution in [3.63, 3.8) is 0 Å². The van der Waals surface area contributed by atoms with Crippen LogP contribution in [0, 0.1) is 0 Å². The van der Waals surface area contributed by atoms with Gasteiger partial charge in [0, 0.05) is 25.0 Å². The van der Waals surface area contributed by atoms with Gasteiger partial charge in [-0.15, -0.1) is 0 Å². The maximum absolute atomic E-state index is 9.88. The number of nitrogens with zero attached hydrogens (tertiary/aromatic N) is 2. The average molecular weight is 235 g/mol. The summed E-state index contributed by atoms with van der Waals surface area (Å²) in [6.07, 6.45) is 12.4. The highest BCUT2D eigenvalue weighted by Gasteiger charge is 2.11. The predicted molar refractivity (Wildman–Crippen MR) is 67.6 cm³/mol. The molecule has 0 aliphatic heterocycles. The summed E-state index contributed by atoms with van der Waals surface area (Å²) in [5, 5.41) is 17.4. The largest absolute Gasteiger partial charge is 0.390 e. The zero-order chi connectivity index (χ0) is 11.9. The van der Waals surface area contributed by atoms with Crippen molar-refractivity contribution in [1.82, 2.24) is 15.1 Å². The lowest BCUT2D eigenvalue weighted by atomic mass is 10.1. The highest BCUT2D eigenvalue weighted by atomic mass is 16.3. The van der Waals surface area contributed by atoms with Crippen molar-refractivity contribution in [2.24, 2.45) is 0 Å². The van der Waals surface area contributed by atoms with Gasteiger partial charge in [0.15, 0.2) is 0 Å². The van der Waals surface area contributed by atoms with Crippen molar-refractivity contribution in [3.8, 4) is 0 Å². The predicted octanol–water partition coefficient (Wildman–Crippen LogP) is 1.33. The number of aromatic nitrogens is 2. The molecule has 1 aromatic heterocycles. The van der Waals surface area contributed by atoms with Crippen LogP contribution in [0.5, 0.6) is 0 Å². The van der Waals surface area contributed by atoms with Gasteiger partial charge in [0.2, 0.25) is 0 Å². The van der Waals surface area contributed by atoms with Gasteiger partial charge in [-0.3, -0.25) is 4.68 Å². The second kappa shape index (κ2) is 6.57. The number of hydrogen-bond donors (Lipinski definition) is 2. The maximum Gasteiger partial charge on any atom is 0.0860 e. The van der Waals surface area contributed by atoms with Crippen molar-refractivity contribution >= 4 is 0 Å². The van der Waals surface area contributed by atoms with Gasteiger partial charge < -0.3 is 10.4 Å². The van der Waals surface area contributed by atoms with Gasteiger partial charge in [-0.2, -0.15) is 5.10 Å². The molecule has 1 aliphatic carbocycles. The number of allylic oxidation sites excluding steroid dienone is 2. The summed E-state index contributed by atoms with van der Waals surface area (Å²) >= 11 is 0. The molecule has 0 saturated carbocycles. The lowest BCUT2D eigenvalue weighted by Crippen LogP contribution is -2.37. The van der Waals surface area contributed by atoms with E-state index in [0.717, 1.165) is 12.8 Å². The van der Waals surface area contributed by atoms with Crippen LogP contribution in [0.2, 0.25) is 0 Å². The fourth-order valence-electron chi connectivity index (χ4n) is 2.17. The van der Waals surface area contributed by atoms with Gasteiger partial charge in [-0.25, -0.2) is 0 Å². The molecule has 0 amide bonds. The number of aliphatic hydroxyl groups is 1. The van der Waals surface area contributed by atoms with Crippen molar-refractivity contribution < 1.29 is 5.11 Å². The molecule has 1 unspecified atom stereocenters. The molecule has 4 heteroatoms. The lowest BCUT2D eigenvalue weighted by Gasteiger charge is -2.19. The van der Waals surface area contributed by atoms with Crippen LogP contribution in [0.3, 0.4) is 0 Å². The topological polar surface area (TPSA) is 50.1 Å². The van der Waals surface area contributed by atoms with E-state index in [9.17, 15) is 5.11 Å². The molecular formula is C13H21N3O. The van der Waals surface area contributed by atoms with Gasteiger partial charge in [-0.05, 0) is 31.7 Å². The third-order valence-corrected chi connectivity index (χ3v) is 3.13. The average Bonchev–Trinajstić information content (AvgIpc) is 2.68. The molecule has 1 heterocycles. The molecule has 1 aromatic rings. The number of aliphatic hydroxyl groups excluding tert-OH is 1. The Morgan fingerprint density at radius 3 is 2.76 bits per heavy atom. The summed E-state index contributed by atoms with van der Waals surface area (Å²) in [5.74, 6) is 0. The quantitative estimate of drug-likeness (QED) is 0.757. The Morgan fingerprint density at radius 1 is 1.35 bits per heavy atom. The van der Waals surface area contributed by atoms with E-state index in [4.69, 9.17) is 0 Å². The molecule has 0 aromatic carbocycles. The smallest absolute Gasteiger partial charge is 0.0860 e. The highest BCUT2D eigenvalue weighted by Crippen LogP contribution is 2.11. The second-order valence-corrected chi connectivity index (χ2v) is 4.61.